The van der Waals surface area contributed by atoms with Gasteiger partial charge in [0.25, 0.3) is 0 Å². The number of fused-ring (bicyclic) bond motifs is 1. The quantitative estimate of drug-likeness (QED) is 0.818. The van der Waals surface area contributed by atoms with E-state index >= 15 is 0 Å². The van der Waals surface area contributed by atoms with Crippen LogP contribution in [0.3, 0.4) is 0 Å². The van der Waals surface area contributed by atoms with Crippen LogP contribution in [0, 0.1) is 0 Å². The number of aromatic nitrogens is 2. The number of alkyl halides is 3. The van der Waals surface area contributed by atoms with Crippen molar-refractivity contribution in [3.63, 3.8) is 0 Å². The van der Waals surface area contributed by atoms with Crippen molar-refractivity contribution in [3.8, 4) is 0 Å². The highest BCUT2D eigenvalue weighted by atomic mass is 19.4. The topological polar surface area (TPSA) is 21.1 Å². The summed E-state index contributed by atoms with van der Waals surface area (Å²) < 4.78 is 40.5. The highest BCUT2D eigenvalue weighted by Crippen LogP contribution is 2.30. The third kappa shape index (κ3) is 3.64. The Morgan fingerprint density at radius 1 is 1.08 bits per heavy atom. The summed E-state index contributed by atoms with van der Waals surface area (Å²) in [5.41, 5.74) is 2.28. The Labute approximate surface area is 140 Å². The fraction of sp³-hybridized carbons (Fsp3) is 0.500. The molecular formula is C18H22F3N3. The second-order valence-corrected chi connectivity index (χ2v) is 7.40. The molecule has 0 radical (unpaired) electrons. The van der Waals surface area contributed by atoms with Crippen LogP contribution < -0.4 is 0 Å². The standard InChI is InChI=1S/C18H22F3N3/c1-17(2,3)16-10-15-12-23(7-8-24(15)22-16)11-13-5-4-6-14(9-13)18(19,20)21/h4-6,9-10H,7-8,11-12H2,1-3H3. The molecule has 0 bridgehead atoms. The van der Waals surface area contributed by atoms with Gasteiger partial charge in [-0.25, -0.2) is 0 Å². The first kappa shape index (κ1) is 17.0. The van der Waals surface area contributed by atoms with Crippen LogP contribution in [0.4, 0.5) is 13.2 Å². The highest BCUT2D eigenvalue weighted by molar-refractivity contribution is 5.26. The second-order valence-electron chi connectivity index (χ2n) is 7.40. The van der Waals surface area contributed by atoms with E-state index < -0.39 is 11.7 Å². The first-order valence-electron chi connectivity index (χ1n) is 8.08. The van der Waals surface area contributed by atoms with Crippen molar-refractivity contribution in [2.75, 3.05) is 6.54 Å². The summed E-state index contributed by atoms with van der Waals surface area (Å²) in [6, 6.07) is 7.70. The fourth-order valence-electron chi connectivity index (χ4n) is 2.93. The number of benzene rings is 1. The van der Waals surface area contributed by atoms with E-state index in [4.69, 9.17) is 0 Å². The largest absolute Gasteiger partial charge is 0.416 e. The third-order valence-electron chi connectivity index (χ3n) is 4.31. The van der Waals surface area contributed by atoms with Crippen LogP contribution >= 0.6 is 0 Å². The van der Waals surface area contributed by atoms with E-state index in [-0.39, 0.29) is 5.41 Å². The molecule has 1 aromatic carbocycles. The Balaban J connectivity index is 1.74. The minimum absolute atomic E-state index is 0.00376. The molecule has 2 aromatic rings. The van der Waals surface area contributed by atoms with Crippen molar-refractivity contribution in [2.24, 2.45) is 0 Å². The minimum Gasteiger partial charge on any atom is -0.291 e. The molecule has 2 heterocycles. The highest BCUT2D eigenvalue weighted by Gasteiger charge is 2.30. The summed E-state index contributed by atoms with van der Waals surface area (Å²) in [6.07, 6.45) is -4.29. The molecule has 0 aliphatic carbocycles. The third-order valence-corrected chi connectivity index (χ3v) is 4.31. The number of hydrogen-bond acceptors (Lipinski definition) is 2. The molecule has 0 atom stereocenters. The molecule has 1 aliphatic heterocycles. The van der Waals surface area contributed by atoms with E-state index in [0.717, 1.165) is 30.5 Å². The van der Waals surface area contributed by atoms with Gasteiger partial charge in [0.2, 0.25) is 0 Å². The molecule has 3 rings (SSSR count). The maximum absolute atomic E-state index is 12.8. The summed E-state index contributed by atoms with van der Waals surface area (Å²) in [6.45, 7) is 9.16. The van der Waals surface area contributed by atoms with Crippen LogP contribution in [-0.2, 0) is 31.2 Å². The van der Waals surface area contributed by atoms with Gasteiger partial charge in [0, 0.05) is 25.0 Å². The van der Waals surface area contributed by atoms with E-state index in [2.05, 4.69) is 36.8 Å². The Bertz CT molecular complexity index is 726. The Morgan fingerprint density at radius 3 is 2.50 bits per heavy atom. The van der Waals surface area contributed by atoms with Crippen molar-refractivity contribution >= 4 is 0 Å². The van der Waals surface area contributed by atoms with Gasteiger partial charge in [0.1, 0.15) is 0 Å². The van der Waals surface area contributed by atoms with Crippen LogP contribution in [0.5, 0.6) is 0 Å². The Hall–Kier alpha value is -1.82. The number of hydrogen-bond donors (Lipinski definition) is 0. The lowest BCUT2D eigenvalue weighted by Gasteiger charge is -2.27. The molecule has 0 spiro atoms. The zero-order valence-corrected chi connectivity index (χ0v) is 14.2. The first-order chi connectivity index (χ1) is 11.1. The van der Waals surface area contributed by atoms with Gasteiger partial charge in [-0.1, -0.05) is 39.0 Å². The summed E-state index contributed by atoms with van der Waals surface area (Å²) in [4.78, 5) is 2.17. The maximum Gasteiger partial charge on any atom is 0.416 e. The molecule has 0 saturated heterocycles. The second kappa shape index (κ2) is 5.92. The molecular weight excluding hydrogens is 315 g/mol. The predicted octanol–water partition coefficient (Wildman–Crippen LogP) is 4.22. The fourth-order valence-corrected chi connectivity index (χ4v) is 2.93. The van der Waals surface area contributed by atoms with Gasteiger partial charge >= 0.3 is 6.18 Å². The van der Waals surface area contributed by atoms with Crippen LogP contribution in [-0.4, -0.2) is 21.2 Å². The van der Waals surface area contributed by atoms with Crippen molar-refractivity contribution in [2.45, 2.75) is 52.0 Å². The molecule has 24 heavy (non-hydrogen) atoms. The zero-order valence-electron chi connectivity index (χ0n) is 14.2. The van der Waals surface area contributed by atoms with Gasteiger partial charge in [0.05, 0.1) is 23.5 Å². The molecule has 0 fully saturated rings. The number of halogens is 3. The van der Waals surface area contributed by atoms with Crippen molar-refractivity contribution in [1.29, 1.82) is 0 Å². The first-order valence-corrected chi connectivity index (χ1v) is 8.08. The normalized spacial score (nSPS) is 16.2. The van der Waals surface area contributed by atoms with Gasteiger partial charge in [-0.2, -0.15) is 18.3 Å². The SMILES string of the molecule is CC(C)(C)c1cc2n(n1)CCN(Cc1cccc(C(F)(F)F)c1)C2. The average molecular weight is 337 g/mol. The van der Waals surface area contributed by atoms with E-state index in [0.29, 0.717) is 18.7 Å². The molecule has 0 unspecified atom stereocenters. The van der Waals surface area contributed by atoms with Gasteiger partial charge in [-0.15, -0.1) is 0 Å². The summed E-state index contributed by atoms with van der Waals surface area (Å²) in [5, 5.41) is 4.65. The predicted molar refractivity (Wildman–Crippen MR) is 86.5 cm³/mol. The summed E-state index contributed by atoms with van der Waals surface area (Å²) >= 11 is 0. The van der Waals surface area contributed by atoms with Crippen molar-refractivity contribution < 1.29 is 13.2 Å². The lowest BCUT2D eigenvalue weighted by Crippen LogP contribution is -2.33. The summed E-state index contributed by atoms with van der Waals surface area (Å²) in [7, 11) is 0. The molecule has 0 saturated carbocycles. The number of rotatable bonds is 2. The maximum atomic E-state index is 12.8. The molecule has 1 aromatic heterocycles. The van der Waals surface area contributed by atoms with Crippen LogP contribution in [0.15, 0.2) is 30.3 Å². The monoisotopic (exact) mass is 337 g/mol. The van der Waals surface area contributed by atoms with Crippen molar-refractivity contribution in [1.82, 2.24) is 14.7 Å². The Morgan fingerprint density at radius 2 is 1.83 bits per heavy atom. The minimum atomic E-state index is -4.29. The average Bonchev–Trinajstić information content (AvgIpc) is 2.90. The smallest absolute Gasteiger partial charge is 0.291 e. The van der Waals surface area contributed by atoms with Gasteiger partial charge in [0.15, 0.2) is 0 Å². The Kier molecular flexibility index (Phi) is 4.20. The lowest BCUT2D eigenvalue weighted by molar-refractivity contribution is -0.137. The zero-order chi connectivity index (χ0) is 17.5. The number of nitrogens with zero attached hydrogens (tertiary/aromatic N) is 3. The molecule has 3 nitrogen and oxygen atoms in total. The van der Waals surface area contributed by atoms with Gasteiger partial charge < -0.3 is 0 Å². The van der Waals surface area contributed by atoms with E-state index in [1.165, 1.54) is 12.1 Å². The van der Waals surface area contributed by atoms with Crippen LogP contribution in [0.1, 0.15) is 43.3 Å². The molecule has 0 N–H and O–H groups in total. The van der Waals surface area contributed by atoms with Crippen molar-refractivity contribution in [3.05, 3.63) is 52.8 Å². The molecule has 0 amide bonds. The summed E-state index contributed by atoms with van der Waals surface area (Å²) in [5.74, 6) is 0. The molecule has 6 heteroatoms. The van der Waals surface area contributed by atoms with Crippen LogP contribution in [0.2, 0.25) is 0 Å². The van der Waals surface area contributed by atoms with Crippen LogP contribution in [0.25, 0.3) is 0 Å². The lowest BCUT2D eigenvalue weighted by atomic mass is 9.92. The van der Waals surface area contributed by atoms with E-state index in [1.807, 2.05) is 4.68 Å². The molecule has 130 valence electrons. The van der Waals surface area contributed by atoms with Gasteiger partial charge in [-0.05, 0) is 17.7 Å². The van der Waals surface area contributed by atoms with Gasteiger partial charge in [-0.3, -0.25) is 9.58 Å². The molecule has 1 aliphatic rings. The van der Waals surface area contributed by atoms with E-state index in [9.17, 15) is 13.2 Å². The van der Waals surface area contributed by atoms with E-state index in [1.54, 1.807) is 6.07 Å².